The minimum Gasteiger partial charge on any atom is -0.298 e. The minimum atomic E-state index is -2.87. The molecule has 0 saturated carbocycles. The standard InChI is InChI=1S/C14H18O3S/c1-11(13-5-2-4-12(8-13)9-15)14-6-3-7-18(16,17)10-14/h2,4-5,8-9,11,14H,3,6-7,10H2,1H3. The Hall–Kier alpha value is -1.16. The highest BCUT2D eigenvalue weighted by Crippen LogP contribution is 2.32. The van der Waals surface area contributed by atoms with E-state index < -0.39 is 9.84 Å². The van der Waals surface area contributed by atoms with E-state index in [-0.39, 0.29) is 17.6 Å². The minimum absolute atomic E-state index is 0.172. The molecular formula is C14H18O3S. The fraction of sp³-hybridized carbons (Fsp3) is 0.500. The summed E-state index contributed by atoms with van der Waals surface area (Å²) < 4.78 is 23.3. The smallest absolute Gasteiger partial charge is 0.150 e. The van der Waals surface area contributed by atoms with E-state index in [0.29, 0.717) is 11.3 Å². The van der Waals surface area contributed by atoms with Gasteiger partial charge in [-0.2, -0.15) is 0 Å². The van der Waals surface area contributed by atoms with Gasteiger partial charge >= 0.3 is 0 Å². The van der Waals surface area contributed by atoms with E-state index in [2.05, 4.69) is 6.92 Å². The van der Waals surface area contributed by atoms with Crippen molar-refractivity contribution in [3.8, 4) is 0 Å². The second kappa shape index (κ2) is 5.22. The summed E-state index contributed by atoms with van der Waals surface area (Å²) in [5, 5.41) is 0. The van der Waals surface area contributed by atoms with E-state index in [4.69, 9.17) is 0 Å². The molecule has 1 aromatic rings. The van der Waals surface area contributed by atoms with Crippen molar-refractivity contribution in [1.82, 2.24) is 0 Å². The zero-order chi connectivity index (χ0) is 13.2. The van der Waals surface area contributed by atoms with E-state index >= 15 is 0 Å². The van der Waals surface area contributed by atoms with Crippen molar-refractivity contribution in [1.29, 1.82) is 0 Å². The van der Waals surface area contributed by atoms with Crippen molar-refractivity contribution >= 4 is 16.1 Å². The van der Waals surface area contributed by atoms with Crippen LogP contribution < -0.4 is 0 Å². The second-order valence-electron chi connectivity index (χ2n) is 5.09. The van der Waals surface area contributed by atoms with Crippen molar-refractivity contribution in [3.05, 3.63) is 35.4 Å². The van der Waals surface area contributed by atoms with Crippen LogP contribution in [-0.4, -0.2) is 26.2 Å². The third-order valence-corrected chi connectivity index (χ3v) is 5.62. The number of carbonyl (C=O) groups is 1. The molecule has 1 fully saturated rings. The molecule has 1 aromatic carbocycles. The van der Waals surface area contributed by atoms with Crippen LogP contribution in [0.5, 0.6) is 0 Å². The Morgan fingerprint density at radius 3 is 2.83 bits per heavy atom. The lowest BCUT2D eigenvalue weighted by molar-refractivity contribution is 0.112. The van der Waals surface area contributed by atoms with E-state index in [0.717, 1.165) is 24.7 Å². The molecule has 18 heavy (non-hydrogen) atoms. The summed E-state index contributed by atoms with van der Waals surface area (Å²) in [5.74, 6) is 0.954. The Labute approximate surface area is 108 Å². The average Bonchev–Trinajstić information content (AvgIpc) is 2.37. The molecule has 0 radical (unpaired) electrons. The van der Waals surface area contributed by atoms with Crippen LogP contribution in [0.25, 0.3) is 0 Å². The van der Waals surface area contributed by atoms with Crippen molar-refractivity contribution in [3.63, 3.8) is 0 Å². The molecule has 98 valence electrons. The Morgan fingerprint density at radius 2 is 2.17 bits per heavy atom. The molecule has 0 bridgehead atoms. The number of sulfone groups is 1. The number of hydrogen-bond donors (Lipinski definition) is 0. The quantitative estimate of drug-likeness (QED) is 0.789. The monoisotopic (exact) mass is 266 g/mol. The highest BCUT2D eigenvalue weighted by Gasteiger charge is 2.29. The summed E-state index contributed by atoms with van der Waals surface area (Å²) in [6.45, 7) is 2.05. The van der Waals surface area contributed by atoms with Gasteiger partial charge in [-0.3, -0.25) is 4.79 Å². The van der Waals surface area contributed by atoms with E-state index in [9.17, 15) is 13.2 Å². The van der Waals surface area contributed by atoms with Crippen molar-refractivity contribution < 1.29 is 13.2 Å². The fourth-order valence-electron chi connectivity index (χ4n) is 2.64. The molecule has 0 N–H and O–H groups in total. The van der Waals surface area contributed by atoms with Crippen LogP contribution in [0.2, 0.25) is 0 Å². The summed E-state index contributed by atoms with van der Waals surface area (Å²) in [6.07, 6.45) is 2.53. The molecule has 0 aliphatic carbocycles. The average molecular weight is 266 g/mol. The van der Waals surface area contributed by atoms with Gasteiger partial charge in [0.25, 0.3) is 0 Å². The molecule has 1 aliphatic heterocycles. The maximum Gasteiger partial charge on any atom is 0.150 e. The van der Waals surface area contributed by atoms with Crippen LogP contribution in [0.1, 0.15) is 41.6 Å². The summed E-state index contributed by atoms with van der Waals surface area (Å²) >= 11 is 0. The Morgan fingerprint density at radius 1 is 1.39 bits per heavy atom. The Bertz CT molecular complexity index is 534. The molecule has 3 nitrogen and oxygen atoms in total. The molecule has 1 aliphatic rings. The van der Waals surface area contributed by atoms with Gasteiger partial charge in [-0.25, -0.2) is 8.42 Å². The van der Waals surface area contributed by atoms with Gasteiger partial charge in [0, 0.05) is 5.56 Å². The fourth-order valence-corrected chi connectivity index (χ4v) is 4.52. The van der Waals surface area contributed by atoms with Gasteiger partial charge in [-0.1, -0.05) is 25.1 Å². The molecule has 4 heteroatoms. The van der Waals surface area contributed by atoms with E-state index in [1.54, 1.807) is 6.07 Å². The summed E-state index contributed by atoms with van der Waals surface area (Å²) in [7, 11) is -2.87. The topological polar surface area (TPSA) is 51.2 Å². The van der Waals surface area contributed by atoms with Gasteiger partial charge in [0.1, 0.15) is 6.29 Å². The highest BCUT2D eigenvalue weighted by molar-refractivity contribution is 7.91. The lowest BCUT2D eigenvalue weighted by atomic mass is 9.85. The van der Waals surface area contributed by atoms with Gasteiger partial charge in [-0.05, 0) is 36.3 Å². The lowest BCUT2D eigenvalue weighted by Crippen LogP contribution is -2.28. The Kier molecular flexibility index (Phi) is 3.85. The summed E-state index contributed by atoms with van der Waals surface area (Å²) in [4.78, 5) is 10.8. The van der Waals surface area contributed by atoms with E-state index in [1.807, 2.05) is 18.2 Å². The van der Waals surface area contributed by atoms with Crippen molar-refractivity contribution in [2.24, 2.45) is 5.92 Å². The van der Waals surface area contributed by atoms with E-state index in [1.165, 1.54) is 0 Å². The van der Waals surface area contributed by atoms with Crippen LogP contribution in [0.3, 0.4) is 0 Å². The first kappa shape index (κ1) is 13.3. The molecule has 2 rings (SSSR count). The van der Waals surface area contributed by atoms with Gasteiger partial charge in [-0.15, -0.1) is 0 Å². The van der Waals surface area contributed by atoms with Gasteiger partial charge in [0.05, 0.1) is 11.5 Å². The molecule has 0 spiro atoms. The molecule has 1 heterocycles. The third kappa shape index (κ3) is 2.99. The Balaban J connectivity index is 2.19. The maximum absolute atomic E-state index is 11.7. The first-order valence-electron chi connectivity index (χ1n) is 6.27. The molecular weight excluding hydrogens is 248 g/mol. The largest absolute Gasteiger partial charge is 0.298 e. The number of benzene rings is 1. The van der Waals surface area contributed by atoms with Crippen LogP contribution in [-0.2, 0) is 9.84 Å². The van der Waals surface area contributed by atoms with Crippen LogP contribution in [0.15, 0.2) is 24.3 Å². The first-order chi connectivity index (χ1) is 8.52. The predicted molar refractivity (Wildman–Crippen MR) is 71.6 cm³/mol. The molecule has 1 saturated heterocycles. The van der Waals surface area contributed by atoms with Crippen molar-refractivity contribution in [2.45, 2.75) is 25.7 Å². The molecule has 0 amide bonds. The van der Waals surface area contributed by atoms with Gasteiger partial charge in [0.2, 0.25) is 0 Å². The molecule has 2 unspecified atom stereocenters. The maximum atomic E-state index is 11.7. The lowest BCUT2D eigenvalue weighted by Gasteiger charge is -2.28. The van der Waals surface area contributed by atoms with Crippen LogP contribution in [0, 0.1) is 5.92 Å². The SMILES string of the molecule is CC(c1cccc(C=O)c1)C1CCCS(=O)(=O)C1. The highest BCUT2D eigenvalue weighted by atomic mass is 32.2. The normalized spacial score (nSPS) is 24.4. The van der Waals surface area contributed by atoms with Gasteiger partial charge < -0.3 is 0 Å². The molecule has 0 aromatic heterocycles. The summed E-state index contributed by atoms with van der Waals surface area (Å²) in [6, 6.07) is 7.45. The number of rotatable bonds is 3. The first-order valence-corrected chi connectivity index (χ1v) is 8.09. The van der Waals surface area contributed by atoms with Crippen molar-refractivity contribution in [2.75, 3.05) is 11.5 Å². The predicted octanol–water partition coefficient (Wildman–Crippen LogP) is 2.43. The number of carbonyl (C=O) groups excluding carboxylic acids is 1. The third-order valence-electron chi connectivity index (χ3n) is 3.78. The van der Waals surface area contributed by atoms with Gasteiger partial charge in [0.15, 0.2) is 9.84 Å². The number of hydrogen-bond acceptors (Lipinski definition) is 3. The number of aldehydes is 1. The zero-order valence-corrected chi connectivity index (χ0v) is 11.3. The zero-order valence-electron chi connectivity index (χ0n) is 10.5. The van der Waals surface area contributed by atoms with Crippen LogP contribution in [0.4, 0.5) is 0 Å². The summed E-state index contributed by atoms with van der Waals surface area (Å²) in [5.41, 5.74) is 1.71. The van der Waals surface area contributed by atoms with Crippen LogP contribution >= 0.6 is 0 Å². The molecule has 2 atom stereocenters. The second-order valence-corrected chi connectivity index (χ2v) is 7.32.